The van der Waals surface area contributed by atoms with E-state index in [1.165, 1.54) is 69.8 Å². The minimum Gasteiger partial charge on any atom is -0.153 e. The van der Waals surface area contributed by atoms with Crippen LogP contribution >= 0.6 is 136 Å². The Balaban J connectivity index is 0.935. The van der Waals surface area contributed by atoms with Crippen molar-refractivity contribution in [3.05, 3.63) is 178 Å². The maximum absolute atomic E-state index is 2.64. The predicted molar refractivity (Wildman–Crippen MR) is 331 cm³/mol. The molecule has 0 aromatic carbocycles. The van der Waals surface area contributed by atoms with Crippen molar-refractivity contribution in [3.8, 4) is 29.3 Å². The van der Waals surface area contributed by atoms with E-state index in [0.717, 1.165) is 0 Å². The molecule has 68 heavy (non-hydrogen) atoms. The van der Waals surface area contributed by atoms with E-state index in [-0.39, 0.29) is 0 Å². The lowest BCUT2D eigenvalue weighted by Gasteiger charge is -2.24. The Labute approximate surface area is 450 Å². The highest BCUT2D eigenvalue weighted by Crippen LogP contribution is 2.36. The number of hydrogen-bond donors (Lipinski definition) is 0. The first-order valence-electron chi connectivity index (χ1n) is 22.0. The second-order valence-electron chi connectivity index (χ2n) is 17.3. The van der Waals surface area contributed by atoms with E-state index in [1.807, 2.05) is 136 Å². The average Bonchev–Trinajstić information content (AvgIpc) is 4.21. The van der Waals surface area contributed by atoms with E-state index in [0.29, 0.717) is 0 Å². The van der Waals surface area contributed by atoms with E-state index in [4.69, 9.17) is 0 Å². The Morgan fingerprint density at radius 1 is 0.206 bits per heavy atom. The topological polar surface area (TPSA) is 0 Å². The van der Waals surface area contributed by atoms with E-state index < -0.39 is 32.3 Å². The molecule has 12 rings (SSSR count). The van der Waals surface area contributed by atoms with Crippen LogP contribution in [0.15, 0.2) is 178 Å². The molecule has 12 aromatic heterocycles. The van der Waals surface area contributed by atoms with Crippen molar-refractivity contribution in [1.29, 1.82) is 0 Å². The zero-order valence-corrected chi connectivity index (χ0v) is 51.0. The summed E-state index contributed by atoms with van der Waals surface area (Å²) in [4.78, 5) is 8.34. The molecule has 0 radical (unpaired) electrons. The Morgan fingerprint density at radius 3 is 0.515 bits per heavy atom. The molecule has 0 fully saturated rings. The molecule has 0 aliphatic heterocycles. The molecule has 12 heterocycles. The minimum atomic E-state index is -2.46. The molecule has 12 aromatic rings. The largest absolute Gasteiger partial charge is 0.181 e. The van der Waals surface area contributed by atoms with Crippen LogP contribution in [0.25, 0.3) is 29.3 Å². The van der Waals surface area contributed by atoms with Gasteiger partial charge in [0, 0.05) is 83.3 Å². The lowest BCUT2D eigenvalue weighted by atomic mass is 10.4. The van der Waals surface area contributed by atoms with Crippen molar-refractivity contribution in [1.82, 2.24) is 0 Å². The van der Waals surface area contributed by atoms with Crippen molar-refractivity contribution in [2.24, 2.45) is 0 Å². The third kappa shape index (κ3) is 7.81. The molecule has 0 amide bonds. The van der Waals surface area contributed by atoms with Gasteiger partial charge in [0.25, 0.3) is 0 Å². The van der Waals surface area contributed by atoms with Crippen LogP contribution in [-0.2, 0) is 0 Å². The summed E-state index contributed by atoms with van der Waals surface area (Å²) in [7, 11) is -8.70. The molecule has 0 unspecified atom stereocenters. The molecule has 0 atom stereocenters. The van der Waals surface area contributed by atoms with Gasteiger partial charge < -0.3 is 0 Å². The molecule has 0 saturated heterocycles. The van der Waals surface area contributed by atoms with Crippen molar-refractivity contribution in [3.63, 3.8) is 0 Å². The molecule has 0 spiro atoms. The Hall–Kier alpha value is -2.73. The van der Waals surface area contributed by atoms with Gasteiger partial charge in [0.15, 0.2) is 32.3 Å². The molecule has 0 saturated carbocycles. The molecule has 0 N–H and O–H groups in total. The van der Waals surface area contributed by atoms with Gasteiger partial charge in [0.2, 0.25) is 0 Å². The highest BCUT2D eigenvalue weighted by Gasteiger charge is 2.43. The third-order valence-electron chi connectivity index (χ3n) is 13.4. The van der Waals surface area contributed by atoms with Crippen LogP contribution in [-0.4, -0.2) is 32.3 Å². The average molecular weight is 1160 g/mol. The minimum absolute atomic E-state index is 1.39. The van der Waals surface area contributed by atoms with Gasteiger partial charge in [0.05, 0.1) is 0 Å². The third-order valence-corrected chi connectivity index (χ3v) is 56.0. The first kappa shape index (κ1) is 46.3. The SMILES string of the molecule is C[Si](c1cccs1)(c1cccs1)c1ccc(-c2ccc([Si](C)(c3ccc(-c4ccc([Si](C)(c5cccs5)c5cccs5)s4)s3)c3ccc(-c4ccc([Si](C)(c5cccs5)c5cccs5)s4)s3)s2)s1. The Kier molecular flexibility index (Phi) is 12.7. The van der Waals surface area contributed by atoms with Crippen LogP contribution in [0, 0.1) is 0 Å². The molecule has 0 bridgehead atoms. The number of thiophene rings is 12. The maximum Gasteiger partial charge on any atom is 0.181 e. The fraction of sp³-hybridized carbons (Fsp3) is 0.0769. The monoisotopic (exact) mass is 1160 g/mol. The van der Waals surface area contributed by atoms with Gasteiger partial charge in [-0.25, -0.2) is 0 Å². The van der Waals surface area contributed by atoms with Gasteiger partial charge in [-0.15, -0.1) is 68.0 Å². The van der Waals surface area contributed by atoms with Crippen molar-refractivity contribution >= 4 is 222 Å². The Bertz CT molecular complexity index is 3060. The van der Waals surface area contributed by atoms with Crippen LogP contribution in [0.2, 0.25) is 26.2 Å². The van der Waals surface area contributed by atoms with E-state index in [9.17, 15) is 0 Å². The summed E-state index contributed by atoms with van der Waals surface area (Å²) in [5.74, 6) is 0. The zero-order chi connectivity index (χ0) is 46.1. The lowest BCUT2D eigenvalue weighted by Crippen LogP contribution is -2.62. The second kappa shape index (κ2) is 18.7. The van der Waals surface area contributed by atoms with E-state index in [2.05, 4.69) is 204 Å². The van der Waals surface area contributed by atoms with Crippen LogP contribution < -0.4 is 54.0 Å². The van der Waals surface area contributed by atoms with Crippen LogP contribution in [0.1, 0.15) is 0 Å². The second-order valence-corrected chi connectivity index (χ2v) is 49.3. The summed E-state index contributed by atoms with van der Waals surface area (Å²) < 4.78 is 18.4. The molecule has 0 aliphatic rings. The van der Waals surface area contributed by atoms with E-state index in [1.54, 1.807) is 13.5 Å². The van der Waals surface area contributed by atoms with Gasteiger partial charge in [-0.1, -0.05) is 135 Å². The van der Waals surface area contributed by atoms with Crippen LogP contribution in [0.3, 0.4) is 0 Å². The van der Waals surface area contributed by atoms with Gasteiger partial charge in [0.1, 0.15) is 0 Å². The molecular formula is C52H42S12Si4. The first-order chi connectivity index (χ1) is 33.2. The van der Waals surface area contributed by atoms with Crippen molar-refractivity contribution < 1.29 is 0 Å². The summed E-state index contributed by atoms with van der Waals surface area (Å²) in [5, 5.41) is 13.5. The maximum atomic E-state index is 2.64. The molecule has 338 valence electrons. The highest BCUT2D eigenvalue weighted by molar-refractivity contribution is 7.51. The van der Waals surface area contributed by atoms with E-state index >= 15 is 0 Å². The first-order valence-corrected chi connectivity index (χ1v) is 42.2. The summed E-state index contributed by atoms with van der Waals surface area (Å²) >= 11 is 23.8. The summed E-state index contributed by atoms with van der Waals surface area (Å²) in [6.45, 7) is 10.3. The van der Waals surface area contributed by atoms with Gasteiger partial charge in [-0.3, -0.25) is 0 Å². The number of rotatable bonds is 15. The smallest absolute Gasteiger partial charge is 0.153 e. The molecule has 0 nitrogen and oxygen atoms in total. The van der Waals surface area contributed by atoms with Crippen LogP contribution in [0.5, 0.6) is 0 Å². The normalized spacial score (nSPS) is 12.7. The quantitative estimate of drug-likeness (QED) is 0.0898. The van der Waals surface area contributed by atoms with Crippen molar-refractivity contribution in [2.45, 2.75) is 26.2 Å². The molecule has 0 aliphatic carbocycles. The zero-order valence-electron chi connectivity index (χ0n) is 37.2. The standard InChI is InChI=1S/C52H42S12Si4/c1-65(41-11-5-29-53-41,42-12-6-30-54-42)47-23-17-35(59-47)38-20-26-50(62-38)68(4,51-27-21-39(63-51)36-18-24-48(60-36)66(2,43-13-7-31-55-43)44-14-8-32-56-44)52-28-22-40(64-52)37-19-25-49(61-37)67(3,45-15-9-33-57-45)46-16-10-34-58-46/h5-34H,1-4H3. The fourth-order valence-corrected chi connectivity index (χ4v) is 48.8. The summed E-state index contributed by atoms with van der Waals surface area (Å²) in [6, 6.07) is 57.1. The number of hydrogen-bond acceptors (Lipinski definition) is 12. The Morgan fingerprint density at radius 2 is 0.368 bits per heavy atom. The lowest BCUT2D eigenvalue weighted by molar-refractivity contribution is 1.89. The fourth-order valence-electron chi connectivity index (χ4n) is 9.27. The van der Waals surface area contributed by atoms with Crippen LogP contribution in [0.4, 0.5) is 0 Å². The van der Waals surface area contributed by atoms with Gasteiger partial charge >= 0.3 is 0 Å². The summed E-state index contributed by atoms with van der Waals surface area (Å²) in [6.07, 6.45) is 0. The highest BCUT2D eigenvalue weighted by atomic mass is 32.1. The molecular weight excluding hydrogens is 1120 g/mol. The predicted octanol–water partition coefficient (Wildman–Crippen LogP) is 11.8. The van der Waals surface area contributed by atoms with Gasteiger partial charge in [-0.05, 0) is 68.7 Å². The van der Waals surface area contributed by atoms with Crippen molar-refractivity contribution in [2.75, 3.05) is 0 Å². The molecule has 16 heteroatoms. The van der Waals surface area contributed by atoms with Gasteiger partial charge in [-0.2, -0.15) is 68.0 Å². The summed E-state index contributed by atoms with van der Waals surface area (Å²) in [5.41, 5.74) is 0.